The molecule has 0 fully saturated rings. The van der Waals surface area contributed by atoms with Crippen molar-refractivity contribution in [3.8, 4) is 0 Å². The van der Waals surface area contributed by atoms with Crippen molar-refractivity contribution in [3.05, 3.63) is 12.7 Å². The van der Waals surface area contributed by atoms with E-state index in [1.54, 1.807) is 12.3 Å². The van der Waals surface area contributed by atoms with Gasteiger partial charge in [0.2, 0.25) is 0 Å². The summed E-state index contributed by atoms with van der Waals surface area (Å²) in [5.41, 5.74) is 6.09. The Balaban J connectivity index is 4.24. The SMILES string of the molecule is C=C/C=N\N=C(/N)C(CCCCCC)CCCCCC. The van der Waals surface area contributed by atoms with E-state index < -0.39 is 0 Å². The van der Waals surface area contributed by atoms with Gasteiger partial charge in [0.15, 0.2) is 0 Å². The lowest BCUT2D eigenvalue weighted by Crippen LogP contribution is -2.23. The number of nitrogens with zero attached hydrogens (tertiary/aromatic N) is 2. The zero-order chi connectivity index (χ0) is 15.1. The third-order valence-electron chi connectivity index (χ3n) is 3.58. The van der Waals surface area contributed by atoms with E-state index in [0.29, 0.717) is 11.8 Å². The zero-order valence-electron chi connectivity index (χ0n) is 13.5. The van der Waals surface area contributed by atoms with Crippen molar-refractivity contribution < 1.29 is 0 Å². The quantitative estimate of drug-likeness (QED) is 0.217. The summed E-state index contributed by atoms with van der Waals surface area (Å²) in [5.74, 6) is 1.08. The number of unbranched alkanes of at least 4 members (excludes halogenated alkanes) is 6. The van der Waals surface area contributed by atoms with Gasteiger partial charge in [0.05, 0.1) is 0 Å². The second kappa shape index (κ2) is 14.3. The van der Waals surface area contributed by atoms with Crippen molar-refractivity contribution in [1.82, 2.24) is 0 Å². The van der Waals surface area contributed by atoms with Crippen molar-refractivity contribution in [3.63, 3.8) is 0 Å². The fourth-order valence-electron chi connectivity index (χ4n) is 2.30. The molecule has 0 aliphatic rings. The maximum absolute atomic E-state index is 6.09. The second-order valence-corrected chi connectivity index (χ2v) is 5.42. The molecule has 20 heavy (non-hydrogen) atoms. The highest BCUT2D eigenvalue weighted by molar-refractivity contribution is 5.83. The van der Waals surface area contributed by atoms with E-state index in [1.807, 2.05) is 0 Å². The van der Waals surface area contributed by atoms with Crippen molar-refractivity contribution in [2.24, 2.45) is 21.9 Å². The highest BCUT2D eigenvalue weighted by Gasteiger charge is 2.12. The standard InChI is InChI=1S/C17H33N3/c1-4-7-9-11-13-16(14-12-10-8-5-2)17(18)20-19-15-6-3/h6,15-16H,3-5,7-14H2,1-2H3,(H2,18,20)/b19-15-. The number of amidine groups is 1. The molecule has 0 aromatic rings. The number of allylic oxidation sites excluding steroid dienone is 1. The topological polar surface area (TPSA) is 50.7 Å². The highest BCUT2D eigenvalue weighted by Crippen LogP contribution is 2.18. The van der Waals surface area contributed by atoms with Crippen molar-refractivity contribution in [2.45, 2.75) is 78.1 Å². The molecular formula is C17H33N3. The molecule has 3 heteroatoms. The molecule has 2 N–H and O–H groups in total. The Morgan fingerprint density at radius 3 is 2.00 bits per heavy atom. The van der Waals surface area contributed by atoms with Gasteiger partial charge in [0.1, 0.15) is 5.84 Å². The minimum atomic E-state index is 0.394. The van der Waals surface area contributed by atoms with Gasteiger partial charge in [-0.25, -0.2) is 0 Å². The predicted octanol–water partition coefficient (Wildman–Crippen LogP) is 5.07. The maximum Gasteiger partial charge on any atom is 0.125 e. The fraction of sp³-hybridized carbons (Fsp3) is 0.765. The molecule has 0 aliphatic heterocycles. The Morgan fingerprint density at radius 2 is 1.55 bits per heavy atom. The number of rotatable bonds is 13. The third kappa shape index (κ3) is 10.8. The Hall–Kier alpha value is -1.12. The van der Waals surface area contributed by atoms with Gasteiger partial charge >= 0.3 is 0 Å². The molecule has 116 valence electrons. The van der Waals surface area contributed by atoms with E-state index >= 15 is 0 Å². The molecule has 0 saturated carbocycles. The molecule has 0 spiro atoms. The van der Waals surface area contributed by atoms with E-state index in [-0.39, 0.29) is 0 Å². The maximum atomic E-state index is 6.09. The summed E-state index contributed by atoms with van der Waals surface area (Å²) in [6.45, 7) is 8.06. The first kappa shape index (κ1) is 18.9. The number of hydrogen-bond donors (Lipinski definition) is 1. The van der Waals surface area contributed by atoms with Crippen LogP contribution < -0.4 is 5.73 Å². The van der Waals surface area contributed by atoms with Gasteiger partial charge in [-0.05, 0) is 18.9 Å². The zero-order valence-corrected chi connectivity index (χ0v) is 13.5. The van der Waals surface area contributed by atoms with Crippen molar-refractivity contribution in [2.75, 3.05) is 0 Å². The number of nitrogens with two attached hydrogens (primary N) is 1. The Labute approximate surface area is 125 Å². The van der Waals surface area contributed by atoms with Gasteiger partial charge in [-0.2, -0.15) is 5.10 Å². The smallest absolute Gasteiger partial charge is 0.125 e. The van der Waals surface area contributed by atoms with Gasteiger partial charge in [-0.3, -0.25) is 0 Å². The molecule has 0 saturated heterocycles. The number of hydrogen-bond acceptors (Lipinski definition) is 2. The minimum absolute atomic E-state index is 0.394. The Kier molecular flexibility index (Phi) is 13.5. The molecule has 0 unspecified atom stereocenters. The monoisotopic (exact) mass is 279 g/mol. The first-order chi connectivity index (χ1) is 9.76. The predicted molar refractivity (Wildman–Crippen MR) is 91.3 cm³/mol. The van der Waals surface area contributed by atoms with Crippen molar-refractivity contribution in [1.29, 1.82) is 0 Å². The first-order valence-electron chi connectivity index (χ1n) is 8.23. The van der Waals surface area contributed by atoms with E-state index in [1.165, 1.54) is 51.4 Å². The van der Waals surface area contributed by atoms with Crippen LogP contribution in [0.2, 0.25) is 0 Å². The molecule has 0 aliphatic carbocycles. The van der Waals surface area contributed by atoms with E-state index in [9.17, 15) is 0 Å². The molecule has 0 aromatic carbocycles. The normalized spacial score (nSPS) is 12.4. The van der Waals surface area contributed by atoms with Gasteiger partial charge in [-0.15, -0.1) is 5.10 Å². The fourth-order valence-corrected chi connectivity index (χ4v) is 2.30. The molecule has 0 amide bonds. The average molecular weight is 279 g/mol. The summed E-state index contributed by atoms with van der Waals surface area (Å²) >= 11 is 0. The lowest BCUT2D eigenvalue weighted by molar-refractivity contribution is 0.490. The Morgan fingerprint density at radius 1 is 1.00 bits per heavy atom. The molecule has 3 nitrogen and oxygen atoms in total. The minimum Gasteiger partial charge on any atom is -0.385 e. The summed E-state index contributed by atoms with van der Waals surface area (Å²) in [5, 5.41) is 8.02. The lowest BCUT2D eigenvalue weighted by Gasteiger charge is -2.15. The van der Waals surface area contributed by atoms with Gasteiger partial charge < -0.3 is 5.73 Å². The lowest BCUT2D eigenvalue weighted by atomic mass is 9.93. The summed E-state index contributed by atoms with van der Waals surface area (Å²) < 4.78 is 0. The van der Waals surface area contributed by atoms with Gasteiger partial charge in [0, 0.05) is 12.1 Å². The summed E-state index contributed by atoms with van der Waals surface area (Å²) in [4.78, 5) is 0. The molecule has 0 aromatic heterocycles. The average Bonchev–Trinajstić information content (AvgIpc) is 2.45. The summed E-state index contributed by atoms with van der Waals surface area (Å²) in [6, 6.07) is 0. The molecular weight excluding hydrogens is 246 g/mol. The summed E-state index contributed by atoms with van der Waals surface area (Å²) in [7, 11) is 0. The van der Waals surface area contributed by atoms with Crippen molar-refractivity contribution >= 4 is 12.1 Å². The van der Waals surface area contributed by atoms with Crippen LogP contribution in [-0.2, 0) is 0 Å². The van der Waals surface area contributed by atoms with Crippen LogP contribution >= 0.6 is 0 Å². The van der Waals surface area contributed by atoms with Gasteiger partial charge in [-0.1, -0.05) is 71.8 Å². The van der Waals surface area contributed by atoms with Crippen LogP contribution in [-0.4, -0.2) is 12.1 Å². The van der Waals surface area contributed by atoms with Crippen LogP contribution in [0.15, 0.2) is 22.9 Å². The van der Waals surface area contributed by atoms with Crippen LogP contribution in [0.3, 0.4) is 0 Å². The molecule has 0 atom stereocenters. The third-order valence-corrected chi connectivity index (χ3v) is 3.58. The molecule has 0 radical (unpaired) electrons. The highest BCUT2D eigenvalue weighted by atomic mass is 15.2. The Bertz CT molecular complexity index is 270. The first-order valence-corrected chi connectivity index (χ1v) is 8.23. The largest absolute Gasteiger partial charge is 0.385 e. The second-order valence-electron chi connectivity index (χ2n) is 5.42. The molecule has 0 rings (SSSR count). The van der Waals surface area contributed by atoms with E-state index in [2.05, 4.69) is 30.6 Å². The summed E-state index contributed by atoms with van der Waals surface area (Å²) in [6.07, 6.45) is 15.7. The van der Waals surface area contributed by atoms with Crippen LogP contribution in [0.1, 0.15) is 78.1 Å². The van der Waals surface area contributed by atoms with Crippen LogP contribution in [0.25, 0.3) is 0 Å². The van der Waals surface area contributed by atoms with Crippen LogP contribution in [0.4, 0.5) is 0 Å². The van der Waals surface area contributed by atoms with E-state index in [4.69, 9.17) is 5.73 Å². The van der Waals surface area contributed by atoms with Crippen LogP contribution in [0.5, 0.6) is 0 Å². The molecule has 0 heterocycles. The molecule has 0 bridgehead atoms. The van der Waals surface area contributed by atoms with Crippen LogP contribution in [0, 0.1) is 5.92 Å². The van der Waals surface area contributed by atoms with E-state index in [0.717, 1.165) is 12.8 Å². The van der Waals surface area contributed by atoms with Gasteiger partial charge in [0.25, 0.3) is 0 Å².